The van der Waals surface area contributed by atoms with Crippen LogP contribution >= 0.6 is 11.6 Å². The van der Waals surface area contributed by atoms with Crippen LogP contribution in [0.4, 0.5) is 21.9 Å². The summed E-state index contributed by atoms with van der Waals surface area (Å²) in [5, 5.41) is 6.13. The average Bonchev–Trinajstić information content (AvgIpc) is 3.05. The summed E-state index contributed by atoms with van der Waals surface area (Å²) in [7, 11) is 0. The fourth-order valence-corrected chi connectivity index (χ4v) is 2.75. The van der Waals surface area contributed by atoms with Crippen LogP contribution in [0.1, 0.15) is 12.8 Å². The van der Waals surface area contributed by atoms with E-state index in [1.165, 1.54) is 12.8 Å². The van der Waals surface area contributed by atoms with Gasteiger partial charge in [-0.05, 0) is 43.2 Å². The van der Waals surface area contributed by atoms with Crippen LogP contribution in [-0.4, -0.2) is 19.1 Å². The van der Waals surface area contributed by atoms with Gasteiger partial charge in [0.05, 0.1) is 10.7 Å². The molecule has 0 atom stereocenters. The monoisotopic (exact) mass is 315 g/mol. The van der Waals surface area contributed by atoms with Crippen LogP contribution in [0.5, 0.6) is 0 Å². The molecule has 1 aliphatic heterocycles. The molecule has 1 fully saturated rings. The van der Waals surface area contributed by atoms with Crippen LogP contribution in [0.25, 0.3) is 0 Å². The molecule has 22 heavy (non-hydrogen) atoms. The van der Waals surface area contributed by atoms with Gasteiger partial charge >= 0.3 is 6.03 Å². The smallest absolute Gasteiger partial charge is 0.323 e. The maximum Gasteiger partial charge on any atom is 0.323 e. The molecule has 4 nitrogen and oxygen atoms in total. The number of halogens is 1. The first-order chi connectivity index (χ1) is 10.7. The molecule has 2 N–H and O–H groups in total. The molecule has 0 aromatic heterocycles. The van der Waals surface area contributed by atoms with Gasteiger partial charge in [0.25, 0.3) is 0 Å². The summed E-state index contributed by atoms with van der Waals surface area (Å²) in [4.78, 5) is 14.4. The second-order valence-corrected chi connectivity index (χ2v) is 5.71. The van der Waals surface area contributed by atoms with Crippen LogP contribution in [0, 0.1) is 0 Å². The number of urea groups is 1. The van der Waals surface area contributed by atoms with E-state index < -0.39 is 0 Å². The van der Waals surface area contributed by atoms with Gasteiger partial charge in [0.15, 0.2) is 0 Å². The van der Waals surface area contributed by atoms with Crippen molar-refractivity contribution in [3.8, 4) is 0 Å². The lowest BCUT2D eigenvalue weighted by Gasteiger charge is -2.19. The van der Waals surface area contributed by atoms with E-state index in [4.69, 9.17) is 11.6 Å². The van der Waals surface area contributed by atoms with Gasteiger partial charge in [-0.2, -0.15) is 0 Å². The van der Waals surface area contributed by atoms with Gasteiger partial charge in [0.1, 0.15) is 0 Å². The van der Waals surface area contributed by atoms with Gasteiger partial charge in [0, 0.05) is 24.5 Å². The Morgan fingerprint density at radius 1 is 1.00 bits per heavy atom. The maximum atomic E-state index is 12.1. The lowest BCUT2D eigenvalue weighted by molar-refractivity contribution is 0.262. The number of rotatable bonds is 3. The fraction of sp³-hybridized carbons (Fsp3) is 0.235. The Bertz CT molecular complexity index is 654. The quantitative estimate of drug-likeness (QED) is 0.870. The van der Waals surface area contributed by atoms with Crippen molar-refractivity contribution in [1.29, 1.82) is 0 Å². The summed E-state index contributed by atoms with van der Waals surface area (Å²) in [5.41, 5.74) is 2.46. The number of anilines is 3. The summed E-state index contributed by atoms with van der Waals surface area (Å²) < 4.78 is 0. The zero-order chi connectivity index (χ0) is 15.4. The Morgan fingerprint density at radius 3 is 2.45 bits per heavy atom. The zero-order valence-electron chi connectivity index (χ0n) is 12.2. The summed E-state index contributed by atoms with van der Waals surface area (Å²) in [6, 6.07) is 14.8. The second kappa shape index (κ2) is 6.71. The number of benzene rings is 2. The number of nitrogens with zero attached hydrogens (tertiary/aromatic N) is 1. The van der Waals surface area contributed by atoms with E-state index in [0.29, 0.717) is 10.7 Å². The Hall–Kier alpha value is -2.20. The van der Waals surface area contributed by atoms with Gasteiger partial charge in [0.2, 0.25) is 0 Å². The molecule has 1 aliphatic rings. The van der Waals surface area contributed by atoms with E-state index in [2.05, 4.69) is 15.5 Å². The van der Waals surface area contributed by atoms with Gasteiger partial charge in [-0.25, -0.2) is 4.79 Å². The first kappa shape index (κ1) is 14.7. The first-order valence-electron chi connectivity index (χ1n) is 7.40. The molecule has 2 aromatic carbocycles. The van der Waals surface area contributed by atoms with Crippen LogP contribution in [0.15, 0.2) is 48.5 Å². The van der Waals surface area contributed by atoms with Crippen molar-refractivity contribution in [2.75, 3.05) is 28.6 Å². The van der Waals surface area contributed by atoms with E-state index in [1.807, 2.05) is 48.5 Å². The molecule has 0 unspecified atom stereocenters. The van der Waals surface area contributed by atoms with Crippen LogP contribution in [-0.2, 0) is 0 Å². The Labute approximate surface area is 135 Å². The number of hydrogen-bond donors (Lipinski definition) is 2. The molecule has 5 heteroatoms. The Balaban J connectivity index is 1.71. The highest BCUT2D eigenvalue weighted by atomic mass is 35.5. The summed E-state index contributed by atoms with van der Waals surface area (Å²) >= 11 is 6.19. The molecule has 1 heterocycles. The van der Waals surface area contributed by atoms with Crippen LogP contribution in [0.3, 0.4) is 0 Å². The van der Waals surface area contributed by atoms with E-state index in [-0.39, 0.29) is 6.03 Å². The third-order valence-electron chi connectivity index (χ3n) is 3.70. The Kier molecular flexibility index (Phi) is 4.49. The van der Waals surface area contributed by atoms with Gasteiger partial charge in [-0.1, -0.05) is 29.8 Å². The first-order valence-corrected chi connectivity index (χ1v) is 7.78. The largest absolute Gasteiger partial charge is 0.371 e. The van der Waals surface area contributed by atoms with Crippen LogP contribution < -0.4 is 15.5 Å². The van der Waals surface area contributed by atoms with E-state index >= 15 is 0 Å². The molecular formula is C17H18ClN3O. The summed E-state index contributed by atoms with van der Waals surface area (Å²) in [6.07, 6.45) is 2.42. The maximum absolute atomic E-state index is 12.1. The predicted octanol–water partition coefficient (Wildman–Crippen LogP) is 4.58. The normalized spacial score (nSPS) is 14.0. The van der Waals surface area contributed by atoms with Crippen molar-refractivity contribution < 1.29 is 4.79 Å². The number of amides is 2. The number of nitrogens with one attached hydrogen (secondary N) is 2. The van der Waals surface area contributed by atoms with Gasteiger partial charge in [-0.3, -0.25) is 0 Å². The Morgan fingerprint density at radius 2 is 1.73 bits per heavy atom. The molecule has 0 aliphatic carbocycles. The molecule has 0 saturated carbocycles. The van der Waals surface area contributed by atoms with Crippen molar-refractivity contribution in [3.63, 3.8) is 0 Å². The topological polar surface area (TPSA) is 44.4 Å². The standard InChI is InChI=1S/C17H18ClN3O/c18-15-9-8-14(21-10-4-5-11-21)12-16(15)20-17(22)19-13-6-2-1-3-7-13/h1-3,6-9,12H,4-5,10-11H2,(H2,19,20,22). The van der Waals surface area contributed by atoms with Crippen LogP contribution in [0.2, 0.25) is 5.02 Å². The number of carbonyl (C=O) groups excluding carboxylic acids is 1. The second-order valence-electron chi connectivity index (χ2n) is 5.30. The highest BCUT2D eigenvalue weighted by Gasteiger charge is 2.14. The minimum atomic E-state index is -0.299. The minimum Gasteiger partial charge on any atom is -0.371 e. The van der Waals surface area contributed by atoms with Crippen molar-refractivity contribution in [2.45, 2.75) is 12.8 Å². The van der Waals surface area contributed by atoms with Crippen molar-refractivity contribution in [3.05, 3.63) is 53.6 Å². The lowest BCUT2D eigenvalue weighted by Crippen LogP contribution is -2.21. The molecule has 0 spiro atoms. The number of para-hydroxylation sites is 1. The summed E-state index contributed by atoms with van der Waals surface area (Å²) in [5.74, 6) is 0. The molecule has 0 radical (unpaired) electrons. The molecule has 114 valence electrons. The summed E-state index contributed by atoms with van der Waals surface area (Å²) in [6.45, 7) is 2.11. The molecule has 2 amide bonds. The minimum absolute atomic E-state index is 0.299. The zero-order valence-corrected chi connectivity index (χ0v) is 12.9. The SMILES string of the molecule is O=C(Nc1ccccc1)Nc1cc(N2CCCC2)ccc1Cl. The lowest BCUT2D eigenvalue weighted by atomic mass is 10.2. The van der Waals surface area contributed by atoms with Crippen molar-refractivity contribution >= 4 is 34.7 Å². The average molecular weight is 316 g/mol. The molecule has 2 aromatic rings. The highest BCUT2D eigenvalue weighted by molar-refractivity contribution is 6.34. The third kappa shape index (κ3) is 3.52. The highest BCUT2D eigenvalue weighted by Crippen LogP contribution is 2.29. The number of carbonyl (C=O) groups is 1. The van der Waals surface area contributed by atoms with Gasteiger partial charge in [-0.15, -0.1) is 0 Å². The van der Waals surface area contributed by atoms with Crippen molar-refractivity contribution in [1.82, 2.24) is 0 Å². The number of hydrogen-bond acceptors (Lipinski definition) is 2. The van der Waals surface area contributed by atoms with Gasteiger partial charge < -0.3 is 15.5 Å². The molecule has 3 rings (SSSR count). The van der Waals surface area contributed by atoms with Crippen molar-refractivity contribution in [2.24, 2.45) is 0 Å². The van der Waals surface area contributed by atoms with E-state index in [1.54, 1.807) is 0 Å². The van der Waals surface area contributed by atoms with E-state index in [9.17, 15) is 4.79 Å². The predicted molar refractivity (Wildman–Crippen MR) is 92.0 cm³/mol. The molecule has 0 bridgehead atoms. The molecule has 1 saturated heterocycles. The van der Waals surface area contributed by atoms with E-state index in [0.717, 1.165) is 24.5 Å². The third-order valence-corrected chi connectivity index (χ3v) is 4.03. The molecular weight excluding hydrogens is 298 g/mol. The fourth-order valence-electron chi connectivity index (χ4n) is 2.59.